The average molecular weight is 349 g/mol. The minimum atomic E-state index is -3.24. The Bertz CT molecular complexity index is 485. The van der Waals surface area contributed by atoms with Gasteiger partial charge in [-0.1, -0.05) is 0 Å². The minimum absolute atomic E-state index is 0.467. The number of rotatable bonds is 7. The third kappa shape index (κ3) is 8.53. The predicted molar refractivity (Wildman–Crippen MR) is 94.2 cm³/mol. The van der Waals surface area contributed by atoms with E-state index in [1.807, 2.05) is 20.9 Å². The van der Waals surface area contributed by atoms with Gasteiger partial charge >= 0.3 is 0 Å². The molecule has 23 heavy (non-hydrogen) atoms. The SMILES string of the molecule is CN=C(NCC(C)(C)NS(C)(=O)=O)N(C)CCC1CCOCC1. The van der Waals surface area contributed by atoms with Crippen LogP contribution in [0.2, 0.25) is 0 Å². The summed E-state index contributed by atoms with van der Waals surface area (Å²) < 4.78 is 30.8. The second kappa shape index (κ2) is 8.84. The molecule has 0 amide bonds. The number of hydrogen-bond acceptors (Lipinski definition) is 4. The zero-order valence-corrected chi connectivity index (χ0v) is 15.9. The first-order valence-corrected chi connectivity index (χ1v) is 10.0. The number of aliphatic imine (C=N–C) groups is 1. The van der Waals surface area contributed by atoms with Crippen LogP contribution in [0.5, 0.6) is 0 Å². The molecule has 0 aromatic carbocycles. The number of nitrogens with one attached hydrogen (secondary N) is 2. The van der Waals surface area contributed by atoms with Crippen LogP contribution in [0.25, 0.3) is 0 Å². The van der Waals surface area contributed by atoms with Crippen LogP contribution in [0.15, 0.2) is 4.99 Å². The largest absolute Gasteiger partial charge is 0.381 e. The van der Waals surface area contributed by atoms with Crippen LogP contribution >= 0.6 is 0 Å². The van der Waals surface area contributed by atoms with Crippen LogP contribution in [0.4, 0.5) is 0 Å². The van der Waals surface area contributed by atoms with E-state index in [9.17, 15) is 8.42 Å². The molecule has 7 nitrogen and oxygen atoms in total. The molecule has 0 saturated carbocycles. The highest BCUT2D eigenvalue weighted by Gasteiger charge is 2.23. The topological polar surface area (TPSA) is 83.0 Å². The number of nitrogens with zero attached hydrogens (tertiary/aromatic N) is 2. The van der Waals surface area contributed by atoms with E-state index in [2.05, 4.69) is 19.9 Å². The van der Waals surface area contributed by atoms with Crippen LogP contribution in [0.1, 0.15) is 33.1 Å². The Balaban J connectivity index is 2.43. The predicted octanol–water partition coefficient (Wildman–Crippen LogP) is 0.638. The molecule has 0 aliphatic carbocycles. The Kier molecular flexibility index (Phi) is 7.76. The van der Waals surface area contributed by atoms with E-state index in [1.165, 1.54) is 6.26 Å². The summed E-state index contributed by atoms with van der Waals surface area (Å²) in [5, 5.41) is 3.24. The van der Waals surface area contributed by atoms with Gasteiger partial charge in [-0.15, -0.1) is 0 Å². The van der Waals surface area contributed by atoms with Gasteiger partial charge in [-0.05, 0) is 39.0 Å². The highest BCUT2D eigenvalue weighted by molar-refractivity contribution is 7.88. The highest BCUT2D eigenvalue weighted by atomic mass is 32.2. The van der Waals surface area contributed by atoms with Crippen molar-refractivity contribution >= 4 is 16.0 Å². The smallest absolute Gasteiger partial charge is 0.209 e. The van der Waals surface area contributed by atoms with Crippen molar-refractivity contribution in [2.45, 2.75) is 38.6 Å². The maximum absolute atomic E-state index is 11.4. The number of ether oxygens (including phenoxy) is 1. The van der Waals surface area contributed by atoms with Crippen molar-refractivity contribution < 1.29 is 13.2 Å². The molecule has 0 aromatic rings. The second-order valence-electron chi connectivity index (χ2n) is 6.92. The van der Waals surface area contributed by atoms with Gasteiger partial charge in [-0.3, -0.25) is 4.99 Å². The molecule has 1 heterocycles. The molecule has 0 aromatic heterocycles. The molecule has 8 heteroatoms. The van der Waals surface area contributed by atoms with E-state index in [0.29, 0.717) is 12.5 Å². The fourth-order valence-corrected chi connectivity index (χ4v) is 3.82. The van der Waals surface area contributed by atoms with Crippen molar-refractivity contribution in [1.82, 2.24) is 14.9 Å². The van der Waals surface area contributed by atoms with Crippen LogP contribution in [-0.4, -0.2) is 71.5 Å². The molecule has 0 radical (unpaired) electrons. The van der Waals surface area contributed by atoms with E-state index in [4.69, 9.17) is 4.74 Å². The van der Waals surface area contributed by atoms with Crippen molar-refractivity contribution in [3.8, 4) is 0 Å². The number of sulfonamides is 1. The van der Waals surface area contributed by atoms with Gasteiger partial charge in [0.2, 0.25) is 10.0 Å². The Labute approximate surface area is 140 Å². The van der Waals surface area contributed by atoms with Gasteiger partial charge in [0.15, 0.2) is 5.96 Å². The molecule has 0 bridgehead atoms. The fraction of sp³-hybridized carbons (Fsp3) is 0.933. The molecular weight excluding hydrogens is 316 g/mol. The molecule has 1 fully saturated rings. The van der Waals surface area contributed by atoms with Crippen molar-refractivity contribution in [3.63, 3.8) is 0 Å². The van der Waals surface area contributed by atoms with Gasteiger partial charge in [0.05, 0.1) is 6.26 Å². The van der Waals surface area contributed by atoms with Crippen molar-refractivity contribution in [1.29, 1.82) is 0 Å². The third-order valence-electron chi connectivity index (χ3n) is 3.94. The van der Waals surface area contributed by atoms with Gasteiger partial charge in [-0.25, -0.2) is 13.1 Å². The van der Waals surface area contributed by atoms with Gasteiger partial charge < -0.3 is 15.0 Å². The van der Waals surface area contributed by atoms with E-state index in [1.54, 1.807) is 7.05 Å². The Morgan fingerprint density at radius 3 is 2.48 bits per heavy atom. The van der Waals surface area contributed by atoms with E-state index >= 15 is 0 Å². The van der Waals surface area contributed by atoms with Crippen LogP contribution in [-0.2, 0) is 14.8 Å². The molecule has 1 aliphatic heterocycles. The van der Waals surface area contributed by atoms with Crippen LogP contribution in [0.3, 0.4) is 0 Å². The van der Waals surface area contributed by atoms with E-state index in [0.717, 1.165) is 45.0 Å². The third-order valence-corrected chi connectivity index (χ3v) is 4.86. The molecule has 1 aliphatic rings. The molecule has 0 unspecified atom stereocenters. The molecular formula is C15H32N4O3S. The molecule has 1 saturated heterocycles. The van der Waals surface area contributed by atoms with Gasteiger partial charge in [0.25, 0.3) is 0 Å². The normalized spacial score (nSPS) is 18.0. The van der Waals surface area contributed by atoms with Gasteiger partial charge in [-0.2, -0.15) is 0 Å². The summed E-state index contributed by atoms with van der Waals surface area (Å²) in [6.07, 6.45) is 4.55. The summed E-state index contributed by atoms with van der Waals surface area (Å²) in [7, 11) is 0.509. The monoisotopic (exact) mass is 348 g/mol. The highest BCUT2D eigenvalue weighted by Crippen LogP contribution is 2.18. The molecule has 0 spiro atoms. The fourth-order valence-electron chi connectivity index (χ4n) is 2.74. The lowest BCUT2D eigenvalue weighted by Gasteiger charge is -2.30. The summed E-state index contributed by atoms with van der Waals surface area (Å²) in [6.45, 7) is 6.81. The number of guanidine groups is 1. The van der Waals surface area contributed by atoms with Crippen LogP contribution < -0.4 is 10.0 Å². The molecule has 1 rings (SSSR count). The minimum Gasteiger partial charge on any atom is -0.381 e. The quantitative estimate of drug-likeness (QED) is 0.521. The first-order valence-electron chi connectivity index (χ1n) is 8.11. The first-order chi connectivity index (χ1) is 10.6. The lowest BCUT2D eigenvalue weighted by Crippen LogP contribution is -2.53. The number of hydrogen-bond donors (Lipinski definition) is 2. The Morgan fingerprint density at radius 1 is 1.35 bits per heavy atom. The van der Waals surface area contributed by atoms with Crippen LogP contribution in [0, 0.1) is 5.92 Å². The average Bonchev–Trinajstić information content (AvgIpc) is 2.44. The zero-order valence-electron chi connectivity index (χ0n) is 15.1. The van der Waals surface area contributed by atoms with Crippen molar-refractivity contribution in [2.24, 2.45) is 10.9 Å². The van der Waals surface area contributed by atoms with Gasteiger partial charge in [0.1, 0.15) is 0 Å². The Morgan fingerprint density at radius 2 is 1.96 bits per heavy atom. The summed E-state index contributed by atoms with van der Waals surface area (Å²) in [6, 6.07) is 0. The lowest BCUT2D eigenvalue weighted by atomic mass is 9.96. The lowest BCUT2D eigenvalue weighted by molar-refractivity contribution is 0.0625. The maximum atomic E-state index is 11.4. The molecule has 136 valence electrons. The van der Waals surface area contributed by atoms with Gasteiger partial charge in [0, 0.05) is 45.9 Å². The van der Waals surface area contributed by atoms with Crippen molar-refractivity contribution in [2.75, 3.05) is 46.7 Å². The standard InChI is InChI=1S/C15H32N4O3S/c1-15(2,18-23(5,20)21)12-17-14(16-3)19(4)9-6-13-7-10-22-11-8-13/h13,18H,6-12H2,1-5H3,(H,16,17). The summed E-state index contributed by atoms with van der Waals surface area (Å²) in [5.74, 6) is 1.49. The van der Waals surface area contributed by atoms with E-state index in [-0.39, 0.29) is 0 Å². The molecule has 0 atom stereocenters. The molecule has 2 N–H and O–H groups in total. The zero-order chi connectivity index (χ0) is 17.5. The van der Waals surface area contributed by atoms with E-state index < -0.39 is 15.6 Å². The second-order valence-corrected chi connectivity index (χ2v) is 8.67. The summed E-state index contributed by atoms with van der Waals surface area (Å²) >= 11 is 0. The van der Waals surface area contributed by atoms with Crippen molar-refractivity contribution in [3.05, 3.63) is 0 Å². The maximum Gasteiger partial charge on any atom is 0.209 e. The summed E-state index contributed by atoms with van der Waals surface area (Å²) in [4.78, 5) is 6.37. The first kappa shape index (κ1) is 20.2. The summed E-state index contributed by atoms with van der Waals surface area (Å²) in [5.41, 5.74) is -0.578. The Hall–Kier alpha value is -0.860.